The van der Waals surface area contributed by atoms with E-state index in [-0.39, 0.29) is 0 Å². The summed E-state index contributed by atoms with van der Waals surface area (Å²) < 4.78 is 5.72. The van der Waals surface area contributed by atoms with Gasteiger partial charge in [0.05, 0.1) is 0 Å². The molecule has 1 aromatic rings. The first-order valence-corrected chi connectivity index (χ1v) is 6.30. The average molecular weight is 218 g/mol. The molecule has 1 saturated carbocycles. The zero-order chi connectivity index (χ0) is 10.8. The third kappa shape index (κ3) is 2.29. The number of pyridine rings is 1. The Bertz CT molecular complexity index is 357. The van der Waals surface area contributed by atoms with Crippen LogP contribution in [0.3, 0.4) is 0 Å². The number of ether oxygens (including phenoxy) is 1. The Kier molecular flexibility index (Phi) is 2.68. The third-order valence-corrected chi connectivity index (χ3v) is 3.20. The first kappa shape index (κ1) is 9.94. The molecule has 3 heteroatoms. The van der Waals surface area contributed by atoms with Crippen molar-refractivity contribution in [3.8, 4) is 5.88 Å². The van der Waals surface area contributed by atoms with Crippen LogP contribution in [0.15, 0.2) is 18.2 Å². The van der Waals surface area contributed by atoms with Gasteiger partial charge < -0.3 is 9.64 Å². The fourth-order valence-corrected chi connectivity index (χ4v) is 2.13. The second-order valence-electron chi connectivity index (χ2n) is 4.70. The summed E-state index contributed by atoms with van der Waals surface area (Å²) in [6, 6.07) is 6.10. The molecule has 3 nitrogen and oxygen atoms in total. The van der Waals surface area contributed by atoms with E-state index < -0.39 is 0 Å². The van der Waals surface area contributed by atoms with Gasteiger partial charge in [0.25, 0.3) is 0 Å². The Morgan fingerprint density at radius 3 is 2.69 bits per heavy atom. The van der Waals surface area contributed by atoms with Crippen molar-refractivity contribution in [2.24, 2.45) is 0 Å². The van der Waals surface area contributed by atoms with E-state index in [4.69, 9.17) is 4.74 Å². The molecule has 86 valence electrons. The fourth-order valence-electron chi connectivity index (χ4n) is 2.13. The third-order valence-electron chi connectivity index (χ3n) is 3.20. The number of piperidine rings is 1. The van der Waals surface area contributed by atoms with Gasteiger partial charge >= 0.3 is 0 Å². The number of anilines is 1. The zero-order valence-corrected chi connectivity index (χ0v) is 9.56. The van der Waals surface area contributed by atoms with Crippen LogP contribution in [0, 0.1) is 0 Å². The standard InChI is InChI=1S/C13H18N2O/c1-2-9-15(10-3-1)12-5-4-6-13(14-12)16-11-7-8-11/h4-6,11H,1-3,7-10H2. The predicted octanol–water partition coefficient (Wildman–Crippen LogP) is 2.61. The second kappa shape index (κ2) is 4.32. The molecule has 1 saturated heterocycles. The highest BCUT2D eigenvalue weighted by molar-refractivity contribution is 5.41. The van der Waals surface area contributed by atoms with Crippen LogP contribution in [0.25, 0.3) is 0 Å². The molecule has 0 unspecified atom stereocenters. The van der Waals surface area contributed by atoms with Crippen molar-refractivity contribution in [3.63, 3.8) is 0 Å². The molecule has 0 aromatic carbocycles. The molecule has 0 radical (unpaired) electrons. The lowest BCUT2D eigenvalue weighted by atomic mass is 10.1. The van der Waals surface area contributed by atoms with Gasteiger partial charge in [-0.1, -0.05) is 6.07 Å². The Hall–Kier alpha value is -1.25. The molecule has 0 spiro atoms. The summed E-state index contributed by atoms with van der Waals surface area (Å²) in [5.74, 6) is 1.88. The molecule has 1 aliphatic heterocycles. The van der Waals surface area contributed by atoms with Crippen molar-refractivity contribution in [3.05, 3.63) is 18.2 Å². The van der Waals surface area contributed by atoms with Crippen LogP contribution in [0.2, 0.25) is 0 Å². The minimum Gasteiger partial charge on any atom is -0.474 e. The smallest absolute Gasteiger partial charge is 0.215 e. The van der Waals surface area contributed by atoms with Crippen molar-refractivity contribution < 1.29 is 4.74 Å². The molecule has 2 fully saturated rings. The van der Waals surface area contributed by atoms with E-state index in [1.807, 2.05) is 6.07 Å². The molecule has 1 aromatic heterocycles. The first-order chi connectivity index (χ1) is 7.92. The molecule has 0 atom stereocenters. The van der Waals surface area contributed by atoms with E-state index in [1.165, 1.54) is 32.1 Å². The monoisotopic (exact) mass is 218 g/mol. The molecule has 16 heavy (non-hydrogen) atoms. The van der Waals surface area contributed by atoms with E-state index in [0.717, 1.165) is 24.8 Å². The quantitative estimate of drug-likeness (QED) is 0.779. The molecule has 0 bridgehead atoms. The van der Waals surface area contributed by atoms with Gasteiger partial charge in [0, 0.05) is 19.2 Å². The predicted molar refractivity (Wildman–Crippen MR) is 64.0 cm³/mol. The number of hydrogen-bond acceptors (Lipinski definition) is 3. The molecule has 2 heterocycles. The molecule has 0 amide bonds. The van der Waals surface area contributed by atoms with Crippen molar-refractivity contribution in [2.45, 2.75) is 38.2 Å². The summed E-state index contributed by atoms with van der Waals surface area (Å²) in [4.78, 5) is 6.94. The highest BCUT2D eigenvalue weighted by atomic mass is 16.5. The Morgan fingerprint density at radius 1 is 1.12 bits per heavy atom. The molecule has 0 N–H and O–H groups in total. The van der Waals surface area contributed by atoms with Crippen molar-refractivity contribution >= 4 is 5.82 Å². The topological polar surface area (TPSA) is 25.4 Å². The Morgan fingerprint density at radius 2 is 1.94 bits per heavy atom. The summed E-state index contributed by atoms with van der Waals surface area (Å²) >= 11 is 0. The van der Waals surface area contributed by atoms with Gasteiger partial charge in [-0.15, -0.1) is 0 Å². The maximum absolute atomic E-state index is 5.72. The van der Waals surface area contributed by atoms with E-state index >= 15 is 0 Å². The lowest BCUT2D eigenvalue weighted by Crippen LogP contribution is -2.30. The molecular weight excluding hydrogens is 200 g/mol. The van der Waals surface area contributed by atoms with Gasteiger partial charge in [0.1, 0.15) is 11.9 Å². The number of nitrogens with zero attached hydrogens (tertiary/aromatic N) is 2. The fraction of sp³-hybridized carbons (Fsp3) is 0.615. The van der Waals surface area contributed by atoms with Gasteiger partial charge in [-0.3, -0.25) is 0 Å². The highest BCUT2D eigenvalue weighted by Gasteiger charge is 2.24. The van der Waals surface area contributed by atoms with Crippen LogP contribution in [0.5, 0.6) is 5.88 Å². The second-order valence-corrected chi connectivity index (χ2v) is 4.70. The van der Waals surface area contributed by atoms with Crippen LogP contribution in [-0.2, 0) is 0 Å². The summed E-state index contributed by atoms with van der Waals surface area (Å²) in [6.07, 6.45) is 6.74. The zero-order valence-electron chi connectivity index (χ0n) is 9.56. The van der Waals surface area contributed by atoms with E-state index in [2.05, 4.69) is 22.0 Å². The lowest BCUT2D eigenvalue weighted by Gasteiger charge is -2.27. The maximum atomic E-state index is 5.72. The summed E-state index contributed by atoms with van der Waals surface area (Å²) in [6.45, 7) is 2.28. The minimum absolute atomic E-state index is 0.434. The normalized spacial score (nSPS) is 20.9. The lowest BCUT2D eigenvalue weighted by molar-refractivity contribution is 0.291. The van der Waals surface area contributed by atoms with E-state index in [0.29, 0.717) is 6.10 Å². The average Bonchev–Trinajstić information content (AvgIpc) is 3.15. The van der Waals surface area contributed by atoms with Crippen LogP contribution in [0.4, 0.5) is 5.82 Å². The van der Waals surface area contributed by atoms with Gasteiger partial charge in [0.15, 0.2) is 0 Å². The van der Waals surface area contributed by atoms with Crippen molar-refractivity contribution in [1.29, 1.82) is 0 Å². The molecule has 2 aliphatic rings. The molecule has 1 aliphatic carbocycles. The summed E-state index contributed by atoms with van der Waals surface area (Å²) in [7, 11) is 0. The van der Waals surface area contributed by atoms with Gasteiger partial charge in [0.2, 0.25) is 5.88 Å². The van der Waals surface area contributed by atoms with Gasteiger partial charge in [-0.2, -0.15) is 4.98 Å². The van der Waals surface area contributed by atoms with Crippen molar-refractivity contribution in [1.82, 2.24) is 4.98 Å². The minimum atomic E-state index is 0.434. The largest absolute Gasteiger partial charge is 0.474 e. The van der Waals surface area contributed by atoms with Gasteiger partial charge in [-0.25, -0.2) is 0 Å². The number of hydrogen-bond donors (Lipinski definition) is 0. The maximum Gasteiger partial charge on any atom is 0.215 e. The SMILES string of the molecule is c1cc(OC2CC2)nc(N2CCCCC2)c1. The van der Waals surface area contributed by atoms with Crippen molar-refractivity contribution in [2.75, 3.05) is 18.0 Å². The van der Waals surface area contributed by atoms with Crippen LogP contribution in [0.1, 0.15) is 32.1 Å². The first-order valence-electron chi connectivity index (χ1n) is 6.30. The Labute approximate surface area is 96.4 Å². The van der Waals surface area contributed by atoms with Gasteiger partial charge in [-0.05, 0) is 38.2 Å². The van der Waals surface area contributed by atoms with Crippen LogP contribution >= 0.6 is 0 Å². The summed E-state index contributed by atoms with van der Waals surface area (Å²) in [5, 5.41) is 0. The highest BCUT2D eigenvalue weighted by Crippen LogP contribution is 2.27. The number of aromatic nitrogens is 1. The summed E-state index contributed by atoms with van der Waals surface area (Å²) in [5.41, 5.74) is 0. The Balaban J connectivity index is 1.72. The van der Waals surface area contributed by atoms with E-state index in [9.17, 15) is 0 Å². The van der Waals surface area contributed by atoms with E-state index in [1.54, 1.807) is 0 Å². The molecule has 3 rings (SSSR count). The van der Waals surface area contributed by atoms with Crippen LogP contribution in [-0.4, -0.2) is 24.2 Å². The van der Waals surface area contributed by atoms with Crippen LogP contribution < -0.4 is 9.64 Å². The molecular formula is C13H18N2O. The number of rotatable bonds is 3.